The monoisotopic (exact) mass is 459 g/mol. The van der Waals surface area contributed by atoms with E-state index in [-0.39, 0.29) is 18.4 Å². The average Bonchev–Trinajstić information content (AvgIpc) is 3.31. The van der Waals surface area contributed by atoms with Crippen molar-refractivity contribution in [2.45, 2.75) is 12.6 Å². The maximum Gasteiger partial charge on any atom is 0.251 e. The van der Waals surface area contributed by atoms with Crippen LogP contribution < -0.4 is 20.1 Å². The number of nitrogens with one attached hydrogen (secondary N) is 2. The largest absolute Gasteiger partial charge is 0.497 e. The van der Waals surface area contributed by atoms with Gasteiger partial charge in [-0.1, -0.05) is 29.5 Å². The highest BCUT2D eigenvalue weighted by atomic mass is 16.5. The van der Waals surface area contributed by atoms with Crippen LogP contribution in [0.15, 0.2) is 66.7 Å². The maximum atomic E-state index is 13.5. The molecular weight excluding hydrogens is 434 g/mol. The number of hydrogen-bond acceptors (Lipinski definition) is 6. The third-order valence-electron chi connectivity index (χ3n) is 5.46. The number of nitrogens with zero attached hydrogens (tertiary/aromatic N) is 3. The highest BCUT2D eigenvalue weighted by molar-refractivity contribution is 5.94. The number of rotatable bonds is 8. The number of fused-ring (bicyclic) bond motifs is 1. The van der Waals surface area contributed by atoms with Gasteiger partial charge in [0, 0.05) is 25.2 Å². The van der Waals surface area contributed by atoms with E-state index in [4.69, 9.17) is 9.47 Å². The number of benzene rings is 3. The van der Waals surface area contributed by atoms with Crippen molar-refractivity contribution in [3.05, 3.63) is 83.4 Å². The zero-order valence-electron chi connectivity index (χ0n) is 19.1. The van der Waals surface area contributed by atoms with Crippen LogP contribution in [0.2, 0.25) is 0 Å². The van der Waals surface area contributed by atoms with Gasteiger partial charge in [-0.2, -0.15) is 0 Å². The van der Waals surface area contributed by atoms with E-state index in [0.717, 1.165) is 11.1 Å². The molecule has 0 aliphatic carbocycles. The van der Waals surface area contributed by atoms with E-state index < -0.39 is 6.04 Å². The Morgan fingerprint density at radius 3 is 2.29 bits per heavy atom. The summed E-state index contributed by atoms with van der Waals surface area (Å²) in [7, 11) is 4.72. The Morgan fingerprint density at radius 1 is 0.971 bits per heavy atom. The van der Waals surface area contributed by atoms with E-state index >= 15 is 0 Å². The molecule has 1 heterocycles. The minimum Gasteiger partial charge on any atom is -0.497 e. The van der Waals surface area contributed by atoms with Crippen LogP contribution in [0.25, 0.3) is 11.0 Å². The van der Waals surface area contributed by atoms with E-state index in [1.165, 1.54) is 0 Å². The summed E-state index contributed by atoms with van der Waals surface area (Å²) >= 11 is 0. The van der Waals surface area contributed by atoms with Crippen molar-refractivity contribution >= 4 is 22.8 Å². The molecule has 174 valence electrons. The molecule has 1 unspecified atom stereocenters. The van der Waals surface area contributed by atoms with Crippen LogP contribution in [0, 0.1) is 0 Å². The van der Waals surface area contributed by atoms with Gasteiger partial charge >= 0.3 is 0 Å². The van der Waals surface area contributed by atoms with Crippen molar-refractivity contribution in [2.75, 3.05) is 21.3 Å². The first kappa shape index (κ1) is 22.8. The molecule has 0 fully saturated rings. The van der Waals surface area contributed by atoms with Crippen molar-refractivity contribution in [1.82, 2.24) is 25.6 Å². The number of ether oxygens (including phenoxy) is 2. The Labute approximate surface area is 196 Å². The summed E-state index contributed by atoms with van der Waals surface area (Å²) in [5, 5.41) is 14.0. The number of methoxy groups -OCH3 is 2. The normalized spacial score (nSPS) is 11.6. The first-order chi connectivity index (χ1) is 16.5. The molecule has 34 heavy (non-hydrogen) atoms. The Morgan fingerprint density at radius 2 is 1.65 bits per heavy atom. The van der Waals surface area contributed by atoms with E-state index in [9.17, 15) is 9.59 Å². The molecule has 0 aliphatic heterocycles. The van der Waals surface area contributed by atoms with Crippen molar-refractivity contribution in [1.29, 1.82) is 0 Å². The van der Waals surface area contributed by atoms with Crippen LogP contribution in [0.4, 0.5) is 0 Å². The van der Waals surface area contributed by atoms with Gasteiger partial charge in [0.15, 0.2) is 6.04 Å². The second-order valence-corrected chi connectivity index (χ2v) is 7.57. The fourth-order valence-electron chi connectivity index (χ4n) is 3.70. The van der Waals surface area contributed by atoms with Crippen LogP contribution in [0.1, 0.15) is 27.5 Å². The SMILES string of the molecule is CNC(=O)c1ccc(C(C(=O)NCc2cc(OC)cc(OC)c2)n2nnc3ccccc32)cc1. The summed E-state index contributed by atoms with van der Waals surface area (Å²) < 4.78 is 12.2. The van der Waals surface area contributed by atoms with E-state index in [1.54, 1.807) is 56.3 Å². The average molecular weight is 460 g/mol. The van der Waals surface area contributed by atoms with E-state index in [0.29, 0.717) is 28.1 Å². The lowest BCUT2D eigenvalue weighted by atomic mass is 10.0. The van der Waals surface area contributed by atoms with Gasteiger partial charge in [-0.3, -0.25) is 9.59 Å². The van der Waals surface area contributed by atoms with E-state index in [2.05, 4.69) is 20.9 Å². The topological polar surface area (TPSA) is 107 Å². The van der Waals surface area contributed by atoms with Crippen molar-refractivity contribution in [2.24, 2.45) is 0 Å². The van der Waals surface area contributed by atoms with Gasteiger partial charge in [0.1, 0.15) is 17.0 Å². The van der Waals surface area contributed by atoms with Gasteiger partial charge < -0.3 is 20.1 Å². The Hall–Kier alpha value is -4.40. The summed E-state index contributed by atoms with van der Waals surface area (Å²) in [5.41, 5.74) is 3.39. The Kier molecular flexibility index (Phi) is 6.72. The number of hydrogen-bond donors (Lipinski definition) is 2. The summed E-state index contributed by atoms with van der Waals surface area (Å²) in [6, 6.07) is 18.9. The Balaban J connectivity index is 1.67. The second kappa shape index (κ2) is 10.0. The molecule has 4 rings (SSSR count). The molecule has 0 saturated carbocycles. The van der Waals surface area contributed by atoms with Gasteiger partial charge in [-0.15, -0.1) is 5.10 Å². The van der Waals surface area contributed by atoms with Gasteiger partial charge in [0.25, 0.3) is 5.91 Å². The highest BCUT2D eigenvalue weighted by Gasteiger charge is 2.26. The van der Waals surface area contributed by atoms with E-state index in [1.807, 2.05) is 36.4 Å². The zero-order valence-corrected chi connectivity index (χ0v) is 19.1. The highest BCUT2D eigenvalue weighted by Crippen LogP contribution is 2.25. The standard InChI is InChI=1S/C25H25N5O4/c1-26-24(31)18-10-8-17(9-11-18)23(30-22-7-5-4-6-21(22)28-29-30)25(32)27-15-16-12-19(33-2)14-20(13-16)34-3/h4-14,23H,15H2,1-3H3,(H,26,31)(H,27,32). The molecule has 2 N–H and O–H groups in total. The lowest BCUT2D eigenvalue weighted by molar-refractivity contribution is -0.123. The molecule has 0 aliphatic rings. The summed E-state index contributed by atoms with van der Waals surface area (Å²) in [6.07, 6.45) is 0. The predicted molar refractivity (Wildman–Crippen MR) is 127 cm³/mol. The third-order valence-corrected chi connectivity index (χ3v) is 5.46. The van der Waals surface area contributed by atoms with Gasteiger partial charge in [0.05, 0.1) is 19.7 Å². The molecule has 0 spiro atoms. The van der Waals surface area contributed by atoms with Crippen LogP contribution in [-0.2, 0) is 11.3 Å². The molecule has 9 heteroatoms. The number of carbonyl (C=O) groups is 2. The summed E-state index contributed by atoms with van der Waals surface area (Å²) in [5.74, 6) is 0.787. The quantitative estimate of drug-likeness (QED) is 0.420. The molecule has 4 aromatic rings. The first-order valence-corrected chi connectivity index (χ1v) is 10.7. The Bertz CT molecular complexity index is 1290. The van der Waals surface area contributed by atoms with Crippen molar-refractivity contribution in [3.8, 4) is 11.5 Å². The molecule has 0 bridgehead atoms. The molecular formula is C25H25N5O4. The van der Waals surface area contributed by atoms with Gasteiger partial charge in [0.2, 0.25) is 5.91 Å². The van der Waals surface area contributed by atoms with Crippen LogP contribution in [0.3, 0.4) is 0 Å². The molecule has 1 atom stereocenters. The number of aromatic nitrogens is 3. The number of para-hydroxylation sites is 1. The number of carbonyl (C=O) groups excluding carboxylic acids is 2. The van der Waals surface area contributed by atoms with Gasteiger partial charge in [-0.05, 0) is 47.5 Å². The minimum atomic E-state index is -0.793. The second-order valence-electron chi connectivity index (χ2n) is 7.57. The number of amides is 2. The van der Waals surface area contributed by atoms with Crippen LogP contribution >= 0.6 is 0 Å². The lowest BCUT2D eigenvalue weighted by Gasteiger charge is -2.19. The molecule has 3 aromatic carbocycles. The lowest BCUT2D eigenvalue weighted by Crippen LogP contribution is -2.33. The third kappa shape index (κ3) is 4.68. The maximum absolute atomic E-state index is 13.5. The fourth-order valence-corrected chi connectivity index (χ4v) is 3.70. The zero-order chi connectivity index (χ0) is 24.1. The smallest absolute Gasteiger partial charge is 0.251 e. The van der Waals surface area contributed by atoms with Crippen LogP contribution in [-0.4, -0.2) is 48.1 Å². The summed E-state index contributed by atoms with van der Waals surface area (Å²) in [4.78, 5) is 25.5. The first-order valence-electron chi connectivity index (χ1n) is 10.7. The molecule has 0 saturated heterocycles. The molecule has 2 amide bonds. The minimum absolute atomic E-state index is 0.203. The predicted octanol–water partition coefficient (Wildman–Crippen LogP) is 2.71. The van der Waals surface area contributed by atoms with Gasteiger partial charge in [-0.25, -0.2) is 4.68 Å². The van der Waals surface area contributed by atoms with Crippen LogP contribution in [0.5, 0.6) is 11.5 Å². The summed E-state index contributed by atoms with van der Waals surface area (Å²) in [6.45, 7) is 0.256. The fraction of sp³-hybridized carbons (Fsp3) is 0.200. The molecule has 0 radical (unpaired) electrons. The van der Waals surface area contributed by atoms with Crippen molar-refractivity contribution in [3.63, 3.8) is 0 Å². The molecule has 1 aromatic heterocycles. The van der Waals surface area contributed by atoms with Crippen molar-refractivity contribution < 1.29 is 19.1 Å². The molecule has 9 nitrogen and oxygen atoms in total.